The van der Waals surface area contributed by atoms with Crippen molar-refractivity contribution in [2.45, 2.75) is 37.3 Å². The molecule has 0 radical (unpaired) electrons. The average Bonchev–Trinajstić information content (AvgIpc) is 3.27. The number of anilines is 3. The monoisotopic (exact) mass is 430 g/mol. The summed E-state index contributed by atoms with van der Waals surface area (Å²) in [5.74, 6) is -3.45. The molecule has 0 bridgehead atoms. The van der Waals surface area contributed by atoms with Crippen molar-refractivity contribution in [1.82, 2.24) is 20.2 Å². The second-order valence-electron chi connectivity index (χ2n) is 7.17. The van der Waals surface area contributed by atoms with Crippen LogP contribution >= 0.6 is 0 Å². The SMILES string of the molecule is NC(=O)c1nnc(N[C@@H]2CCCC(F)(F)[C@@H]2N)nc1Nc1cccc(-c2ncco2)c1. The standard InChI is InChI=1S/C19H20F2N8O2/c20-19(21)6-2-5-12(14(19)22)26-18-27-16(13(15(23)30)28-29-18)25-11-4-1-3-10(9-11)17-24-7-8-31-17/h1,3-4,7-9,12,14H,2,5-6,22H2,(H2,23,30)(H2,25,26,27,29)/t12-,14-/m1/s1. The van der Waals surface area contributed by atoms with E-state index in [4.69, 9.17) is 15.9 Å². The van der Waals surface area contributed by atoms with Crippen LogP contribution in [0.2, 0.25) is 0 Å². The van der Waals surface area contributed by atoms with Gasteiger partial charge in [-0.25, -0.2) is 13.8 Å². The molecule has 3 aromatic rings. The van der Waals surface area contributed by atoms with Gasteiger partial charge in [0.05, 0.1) is 18.3 Å². The first kappa shape index (κ1) is 20.6. The summed E-state index contributed by atoms with van der Waals surface area (Å²) in [5.41, 5.74) is 12.1. The number of benzene rings is 1. The minimum absolute atomic E-state index is 0.0192. The van der Waals surface area contributed by atoms with Crippen LogP contribution in [0.4, 0.5) is 26.2 Å². The molecule has 1 amide bonds. The van der Waals surface area contributed by atoms with E-state index in [9.17, 15) is 13.6 Å². The minimum atomic E-state index is -2.99. The number of oxazole rings is 1. The van der Waals surface area contributed by atoms with E-state index in [-0.39, 0.29) is 23.9 Å². The van der Waals surface area contributed by atoms with E-state index in [0.717, 1.165) is 0 Å². The number of hydrogen-bond donors (Lipinski definition) is 4. The van der Waals surface area contributed by atoms with Crippen molar-refractivity contribution in [2.24, 2.45) is 11.5 Å². The molecule has 0 aliphatic heterocycles. The maximum Gasteiger partial charge on any atom is 0.273 e. The molecular weight excluding hydrogens is 410 g/mol. The molecule has 0 saturated heterocycles. The third-order valence-corrected chi connectivity index (χ3v) is 4.99. The number of primary amides is 1. The van der Waals surface area contributed by atoms with Gasteiger partial charge in [-0.2, -0.15) is 4.98 Å². The number of aromatic nitrogens is 4. The Kier molecular flexibility index (Phi) is 5.46. The van der Waals surface area contributed by atoms with Crippen LogP contribution in [0.3, 0.4) is 0 Å². The van der Waals surface area contributed by atoms with Gasteiger partial charge in [0.25, 0.3) is 11.8 Å². The predicted molar refractivity (Wildman–Crippen MR) is 108 cm³/mol. The summed E-state index contributed by atoms with van der Waals surface area (Å²) in [6.07, 6.45) is 3.45. The van der Waals surface area contributed by atoms with E-state index in [1.165, 1.54) is 12.5 Å². The second-order valence-corrected chi connectivity index (χ2v) is 7.17. The molecule has 12 heteroatoms. The van der Waals surface area contributed by atoms with Crippen LogP contribution in [-0.2, 0) is 0 Å². The van der Waals surface area contributed by atoms with Crippen molar-refractivity contribution in [3.8, 4) is 11.5 Å². The number of amides is 1. The van der Waals surface area contributed by atoms with Crippen molar-refractivity contribution in [2.75, 3.05) is 10.6 Å². The molecule has 10 nitrogen and oxygen atoms in total. The van der Waals surface area contributed by atoms with Gasteiger partial charge in [0.1, 0.15) is 6.26 Å². The lowest BCUT2D eigenvalue weighted by atomic mass is 9.87. The largest absolute Gasteiger partial charge is 0.445 e. The fourth-order valence-corrected chi connectivity index (χ4v) is 3.40. The first-order chi connectivity index (χ1) is 14.8. The van der Waals surface area contributed by atoms with Crippen LogP contribution < -0.4 is 22.1 Å². The first-order valence-electron chi connectivity index (χ1n) is 9.55. The zero-order valence-corrected chi connectivity index (χ0v) is 16.3. The third-order valence-electron chi connectivity index (χ3n) is 4.99. The van der Waals surface area contributed by atoms with E-state index in [1.54, 1.807) is 24.3 Å². The van der Waals surface area contributed by atoms with Gasteiger partial charge < -0.3 is 26.5 Å². The smallest absolute Gasteiger partial charge is 0.273 e. The number of nitrogens with one attached hydrogen (secondary N) is 2. The molecule has 1 aromatic carbocycles. The molecule has 1 fully saturated rings. The van der Waals surface area contributed by atoms with E-state index >= 15 is 0 Å². The maximum absolute atomic E-state index is 13.9. The lowest BCUT2D eigenvalue weighted by molar-refractivity contribution is -0.0555. The Bertz CT molecular complexity index is 1080. The Morgan fingerprint density at radius 3 is 2.87 bits per heavy atom. The van der Waals surface area contributed by atoms with E-state index < -0.39 is 23.9 Å². The lowest BCUT2D eigenvalue weighted by Crippen LogP contribution is -2.55. The highest BCUT2D eigenvalue weighted by Gasteiger charge is 2.45. The summed E-state index contributed by atoms with van der Waals surface area (Å²) in [4.78, 5) is 20.1. The Balaban J connectivity index is 1.60. The molecule has 0 spiro atoms. The van der Waals surface area contributed by atoms with Gasteiger partial charge in [0, 0.05) is 17.7 Å². The van der Waals surface area contributed by atoms with Gasteiger partial charge >= 0.3 is 0 Å². The van der Waals surface area contributed by atoms with Gasteiger partial charge in [-0.3, -0.25) is 4.79 Å². The van der Waals surface area contributed by atoms with Crippen LogP contribution in [0.1, 0.15) is 29.8 Å². The predicted octanol–water partition coefficient (Wildman–Crippen LogP) is 2.30. The number of hydrogen-bond acceptors (Lipinski definition) is 9. The summed E-state index contributed by atoms with van der Waals surface area (Å²) >= 11 is 0. The number of carbonyl (C=O) groups excluding carboxylic acids is 1. The van der Waals surface area contributed by atoms with Crippen LogP contribution in [0, 0.1) is 0 Å². The van der Waals surface area contributed by atoms with Gasteiger partial charge in [-0.15, -0.1) is 10.2 Å². The fraction of sp³-hybridized carbons (Fsp3) is 0.316. The quantitative estimate of drug-likeness (QED) is 0.460. The number of halogens is 2. The minimum Gasteiger partial charge on any atom is -0.445 e. The van der Waals surface area contributed by atoms with Crippen LogP contribution in [0.15, 0.2) is 41.1 Å². The molecular formula is C19H20F2N8O2. The van der Waals surface area contributed by atoms with Crippen LogP contribution in [0.25, 0.3) is 11.5 Å². The molecule has 4 rings (SSSR count). The van der Waals surface area contributed by atoms with E-state index in [1.807, 2.05) is 0 Å². The molecule has 1 aliphatic rings. The van der Waals surface area contributed by atoms with Gasteiger partial charge in [-0.1, -0.05) is 6.07 Å². The second kappa shape index (κ2) is 8.22. The van der Waals surface area contributed by atoms with Crippen molar-refractivity contribution >= 4 is 23.4 Å². The molecule has 162 valence electrons. The first-order valence-corrected chi connectivity index (χ1v) is 9.55. The maximum atomic E-state index is 13.9. The number of carbonyl (C=O) groups is 1. The lowest BCUT2D eigenvalue weighted by Gasteiger charge is -2.35. The molecule has 2 atom stereocenters. The van der Waals surface area contributed by atoms with Crippen molar-refractivity contribution in [3.05, 3.63) is 42.4 Å². The van der Waals surface area contributed by atoms with Crippen LogP contribution in [0.5, 0.6) is 0 Å². The highest BCUT2D eigenvalue weighted by atomic mass is 19.3. The number of rotatable bonds is 6. The van der Waals surface area contributed by atoms with Gasteiger partial charge in [0.15, 0.2) is 11.5 Å². The number of nitrogens with zero attached hydrogens (tertiary/aromatic N) is 4. The number of nitrogens with two attached hydrogens (primary N) is 2. The highest BCUT2D eigenvalue weighted by Crippen LogP contribution is 2.33. The molecule has 6 N–H and O–H groups in total. The molecule has 31 heavy (non-hydrogen) atoms. The molecule has 2 heterocycles. The van der Waals surface area contributed by atoms with Gasteiger partial charge in [-0.05, 0) is 31.0 Å². The zero-order valence-electron chi connectivity index (χ0n) is 16.3. The summed E-state index contributed by atoms with van der Waals surface area (Å²) in [6.45, 7) is 0. The molecule has 0 unspecified atom stereocenters. The molecule has 1 aliphatic carbocycles. The summed E-state index contributed by atoms with van der Waals surface area (Å²) in [6, 6.07) is 4.86. The normalized spacial score (nSPS) is 20.2. The van der Waals surface area contributed by atoms with Crippen molar-refractivity contribution in [3.63, 3.8) is 0 Å². The average molecular weight is 430 g/mol. The molecule has 2 aromatic heterocycles. The topological polar surface area (TPSA) is 158 Å². The summed E-state index contributed by atoms with van der Waals surface area (Å²) in [5, 5.41) is 13.4. The third kappa shape index (κ3) is 4.43. The number of alkyl halides is 2. The summed E-state index contributed by atoms with van der Waals surface area (Å²) in [7, 11) is 0. The summed E-state index contributed by atoms with van der Waals surface area (Å²) < 4.78 is 33.2. The van der Waals surface area contributed by atoms with Gasteiger partial charge in [0.2, 0.25) is 11.8 Å². The Morgan fingerprint density at radius 2 is 2.13 bits per heavy atom. The molecule has 1 saturated carbocycles. The van der Waals surface area contributed by atoms with E-state index in [0.29, 0.717) is 30.0 Å². The Labute approximate surface area is 175 Å². The van der Waals surface area contributed by atoms with Crippen molar-refractivity contribution < 1.29 is 18.0 Å². The van der Waals surface area contributed by atoms with E-state index in [2.05, 4.69) is 30.8 Å². The Morgan fingerprint density at radius 1 is 1.29 bits per heavy atom. The fourth-order valence-electron chi connectivity index (χ4n) is 3.40. The van der Waals surface area contributed by atoms with Crippen molar-refractivity contribution in [1.29, 1.82) is 0 Å². The Hall–Kier alpha value is -3.67. The highest BCUT2D eigenvalue weighted by molar-refractivity contribution is 5.96. The zero-order chi connectivity index (χ0) is 22.0. The van der Waals surface area contributed by atoms with Crippen LogP contribution in [-0.4, -0.2) is 44.1 Å².